The second-order valence-electron chi connectivity index (χ2n) is 8.59. The van der Waals surface area contributed by atoms with Crippen LogP contribution in [0.25, 0.3) is 11.3 Å². The molecule has 1 amide bonds. The Hall–Kier alpha value is -4.09. The summed E-state index contributed by atoms with van der Waals surface area (Å²) in [6.07, 6.45) is -9.72. The van der Waals surface area contributed by atoms with Crippen LogP contribution in [0.4, 0.5) is 26.3 Å². The normalized spacial score (nSPS) is 12.6. The highest BCUT2D eigenvalue weighted by atomic mass is 19.4. The van der Waals surface area contributed by atoms with Crippen LogP contribution >= 0.6 is 0 Å². The molecular formula is C27H24F6N2O4. The lowest BCUT2D eigenvalue weighted by Crippen LogP contribution is -2.25. The molecule has 12 heteroatoms. The molecule has 39 heavy (non-hydrogen) atoms. The van der Waals surface area contributed by atoms with E-state index in [9.17, 15) is 35.9 Å². The summed E-state index contributed by atoms with van der Waals surface area (Å²) in [5.74, 6) is -1.27. The van der Waals surface area contributed by atoms with Gasteiger partial charge in [-0.25, -0.2) is 0 Å². The van der Waals surface area contributed by atoms with Crippen molar-refractivity contribution in [3.63, 3.8) is 0 Å². The molecule has 0 aliphatic heterocycles. The van der Waals surface area contributed by atoms with Gasteiger partial charge in [0.15, 0.2) is 0 Å². The fourth-order valence-corrected chi connectivity index (χ4v) is 3.61. The molecule has 1 aromatic heterocycles. The predicted octanol–water partition coefficient (Wildman–Crippen LogP) is 6.82. The number of hydrogen-bond donors (Lipinski definition) is 2. The second kappa shape index (κ2) is 12.6. The van der Waals surface area contributed by atoms with Crippen molar-refractivity contribution in [3.8, 4) is 17.0 Å². The highest BCUT2D eigenvalue weighted by molar-refractivity contribution is 5.94. The quantitative estimate of drug-likeness (QED) is 0.254. The van der Waals surface area contributed by atoms with Crippen LogP contribution in [-0.2, 0) is 11.0 Å². The number of carboxylic acids is 1. The van der Waals surface area contributed by atoms with Crippen LogP contribution in [0.15, 0.2) is 66.9 Å². The van der Waals surface area contributed by atoms with E-state index in [4.69, 9.17) is 9.84 Å². The average Bonchev–Trinajstić information content (AvgIpc) is 2.87. The van der Waals surface area contributed by atoms with E-state index in [0.29, 0.717) is 16.8 Å². The molecule has 3 aromatic rings. The Morgan fingerprint density at radius 2 is 1.59 bits per heavy atom. The van der Waals surface area contributed by atoms with Crippen LogP contribution in [0.5, 0.6) is 5.75 Å². The van der Waals surface area contributed by atoms with E-state index in [1.807, 2.05) is 0 Å². The summed E-state index contributed by atoms with van der Waals surface area (Å²) in [4.78, 5) is 27.0. The number of aliphatic carboxylic acids is 1. The maximum absolute atomic E-state index is 12.8. The van der Waals surface area contributed by atoms with E-state index < -0.39 is 42.3 Å². The highest BCUT2D eigenvalue weighted by Gasteiger charge is 2.30. The molecule has 0 radical (unpaired) electrons. The van der Waals surface area contributed by atoms with Crippen molar-refractivity contribution in [2.24, 2.45) is 0 Å². The summed E-state index contributed by atoms with van der Waals surface area (Å²) in [5, 5.41) is 11.1. The summed E-state index contributed by atoms with van der Waals surface area (Å²) in [6.45, 7) is -0.0524. The minimum Gasteiger partial charge on any atom is -0.486 e. The van der Waals surface area contributed by atoms with E-state index >= 15 is 0 Å². The molecule has 208 valence electrons. The smallest absolute Gasteiger partial charge is 0.416 e. The predicted molar refractivity (Wildman–Crippen MR) is 129 cm³/mol. The second-order valence-corrected chi connectivity index (χ2v) is 8.59. The summed E-state index contributed by atoms with van der Waals surface area (Å²) >= 11 is 0. The van der Waals surface area contributed by atoms with Crippen LogP contribution in [0, 0.1) is 0 Å². The molecule has 1 heterocycles. The number of rotatable bonds is 11. The van der Waals surface area contributed by atoms with Crippen LogP contribution in [0.2, 0.25) is 0 Å². The summed E-state index contributed by atoms with van der Waals surface area (Å²) < 4.78 is 82.6. The van der Waals surface area contributed by atoms with Crippen LogP contribution in [0.1, 0.15) is 53.3 Å². The third-order valence-corrected chi connectivity index (χ3v) is 5.61. The standard InChI is InChI=1S/C27H24F6N2O4/c28-26(29,30)14-1-2-23(39-21-10-5-18(6-11-21)25(38)34-15-13-24(36)37)19-7-12-22(35-16-19)17-3-8-20(9-4-17)27(31,32)33/h3-12,16,23H,1-2,13-15H2,(H,34,38)(H,36,37). The van der Waals surface area contributed by atoms with Crippen molar-refractivity contribution >= 4 is 11.9 Å². The Morgan fingerprint density at radius 3 is 2.13 bits per heavy atom. The number of carbonyl (C=O) groups excluding carboxylic acids is 1. The van der Waals surface area contributed by atoms with Gasteiger partial charge in [-0.2, -0.15) is 26.3 Å². The summed E-state index contributed by atoms with van der Waals surface area (Å²) in [5.41, 5.74) is 0.707. The largest absolute Gasteiger partial charge is 0.486 e. The van der Waals surface area contributed by atoms with Gasteiger partial charge in [0.2, 0.25) is 0 Å². The van der Waals surface area contributed by atoms with E-state index in [1.165, 1.54) is 42.6 Å². The average molecular weight is 554 g/mol. The molecule has 6 nitrogen and oxygen atoms in total. The molecular weight excluding hydrogens is 530 g/mol. The molecule has 0 aliphatic rings. The lowest BCUT2D eigenvalue weighted by atomic mass is 10.0. The van der Waals surface area contributed by atoms with Gasteiger partial charge in [-0.1, -0.05) is 18.2 Å². The van der Waals surface area contributed by atoms with Gasteiger partial charge in [-0.05, 0) is 55.3 Å². The van der Waals surface area contributed by atoms with Gasteiger partial charge in [0.05, 0.1) is 17.7 Å². The van der Waals surface area contributed by atoms with Gasteiger partial charge in [0.1, 0.15) is 11.9 Å². The van der Waals surface area contributed by atoms with Gasteiger partial charge in [0.25, 0.3) is 5.91 Å². The number of hydrogen-bond acceptors (Lipinski definition) is 4. The number of carbonyl (C=O) groups is 2. The summed E-state index contributed by atoms with van der Waals surface area (Å²) in [7, 11) is 0. The number of benzene rings is 2. The minimum atomic E-state index is -4.47. The van der Waals surface area contributed by atoms with E-state index in [0.717, 1.165) is 12.1 Å². The Labute approximate surface area is 219 Å². The molecule has 2 aromatic carbocycles. The monoisotopic (exact) mass is 554 g/mol. The van der Waals surface area contributed by atoms with Crippen molar-refractivity contribution in [1.82, 2.24) is 10.3 Å². The van der Waals surface area contributed by atoms with Gasteiger partial charge in [-0.3, -0.25) is 14.6 Å². The zero-order chi connectivity index (χ0) is 28.6. The third kappa shape index (κ3) is 9.31. The number of halogens is 6. The first-order valence-electron chi connectivity index (χ1n) is 11.8. The van der Waals surface area contributed by atoms with Gasteiger partial charge in [0, 0.05) is 35.9 Å². The molecule has 3 rings (SSSR count). The van der Waals surface area contributed by atoms with Gasteiger partial charge >= 0.3 is 18.3 Å². The number of aromatic nitrogens is 1. The third-order valence-electron chi connectivity index (χ3n) is 5.61. The topological polar surface area (TPSA) is 88.5 Å². The van der Waals surface area contributed by atoms with Crippen LogP contribution < -0.4 is 10.1 Å². The molecule has 1 atom stereocenters. The van der Waals surface area contributed by atoms with E-state index in [2.05, 4.69) is 10.3 Å². The fraction of sp³-hybridized carbons (Fsp3) is 0.296. The van der Waals surface area contributed by atoms with E-state index in [1.54, 1.807) is 12.1 Å². The molecule has 0 aliphatic carbocycles. The Morgan fingerprint density at radius 1 is 0.923 bits per heavy atom. The van der Waals surface area contributed by atoms with Crippen molar-refractivity contribution in [2.75, 3.05) is 6.54 Å². The fourth-order valence-electron chi connectivity index (χ4n) is 3.61. The number of ether oxygens (including phenoxy) is 1. The van der Waals surface area contributed by atoms with Crippen LogP contribution in [0.3, 0.4) is 0 Å². The molecule has 0 saturated carbocycles. The number of nitrogens with one attached hydrogen (secondary N) is 1. The van der Waals surface area contributed by atoms with Crippen molar-refractivity contribution < 1.29 is 45.8 Å². The highest BCUT2D eigenvalue weighted by Crippen LogP contribution is 2.32. The number of pyridine rings is 1. The van der Waals surface area contributed by atoms with Gasteiger partial charge < -0.3 is 15.2 Å². The number of carboxylic acid groups (broad SMARTS) is 1. The number of nitrogens with zero attached hydrogens (tertiary/aromatic N) is 1. The lowest BCUT2D eigenvalue weighted by molar-refractivity contribution is -0.138. The maximum atomic E-state index is 12.8. The minimum absolute atomic E-state index is 0.00174. The van der Waals surface area contributed by atoms with Crippen molar-refractivity contribution in [1.29, 1.82) is 0 Å². The van der Waals surface area contributed by atoms with Crippen LogP contribution in [-0.4, -0.2) is 34.7 Å². The SMILES string of the molecule is O=C(O)CCNC(=O)c1ccc(OC(CCCC(F)(F)F)c2ccc(-c3ccc(C(F)(F)F)cc3)nc2)cc1. The summed E-state index contributed by atoms with van der Waals surface area (Å²) in [6, 6.07) is 13.4. The molecule has 0 fully saturated rings. The van der Waals surface area contributed by atoms with Crippen molar-refractivity contribution in [2.45, 2.75) is 44.1 Å². The molecule has 1 unspecified atom stereocenters. The maximum Gasteiger partial charge on any atom is 0.416 e. The first kappa shape index (κ1) is 29.5. The van der Waals surface area contributed by atoms with Gasteiger partial charge in [-0.15, -0.1) is 0 Å². The zero-order valence-electron chi connectivity index (χ0n) is 20.4. The van der Waals surface area contributed by atoms with Crippen molar-refractivity contribution in [3.05, 3.63) is 83.6 Å². The zero-order valence-corrected chi connectivity index (χ0v) is 20.4. The Bertz CT molecular complexity index is 1240. The lowest BCUT2D eigenvalue weighted by Gasteiger charge is -2.20. The van der Waals surface area contributed by atoms with E-state index in [-0.39, 0.29) is 37.1 Å². The molecule has 0 bridgehead atoms. The Kier molecular flexibility index (Phi) is 9.55. The molecule has 0 spiro atoms. The first-order valence-corrected chi connectivity index (χ1v) is 11.8. The molecule has 0 saturated heterocycles. The molecule has 2 N–H and O–H groups in total. The number of amides is 1. The first-order chi connectivity index (χ1) is 18.3. The number of alkyl halides is 6. The Balaban J connectivity index is 1.74.